The van der Waals surface area contributed by atoms with Crippen LogP contribution in [-0.4, -0.2) is 15.6 Å². The largest absolute Gasteiger partial charge is 0.328 e. The van der Waals surface area contributed by atoms with Gasteiger partial charge >= 0.3 is 0 Å². The predicted molar refractivity (Wildman–Crippen MR) is 81.2 cm³/mol. The summed E-state index contributed by atoms with van der Waals surface area (Å²) in [7, 11) is 0. The summed E-state index contributed by atoms with van der Waals surface area (Å²) in [5.41, 5.74) is 8.62. The van der Waals surface area contributed by atoms with Crippen LogP contribution in [0.3, 0.4) is 0 Å². The Bertz CT molecular complexity index is 530. The molecule has 1 aromatic heterocycles. The highest BCUT2D eigenvalue weighted by Gasteiger charge is 2.17. The zero-order chi connectivity index (χ0) is 13.8. The Morgan fingerprint density at radius 1 is 1.26 bits per heavy atom. The van der Waals surface area contributed by atoms with Crippen LogP contribution in [0.1, 0.15) is 39.4 Å². The van der Waals surface area contributed by atoms with Gasteiger partial charge in [0.2, 0.25) is 0 Å². The number of benzene rings is 1. The smallest absolute Gasteiger partial charge is 0.111 e. The highest BCUT2D eigenvalue weighted by atomic mass is 15.1. The van der Waals surface area contributed by atoms with E-state index in [4.69, 9.17) is 10.7 Å². The van der Waals surface area contributed by atoms with Crippen molar-refractivity contribution in [3.8, 4) is 0 Å². The first-order valence-electron chi connectivity index (χ1n) is 7.37. The number of nitrogens with two attached hydrogens (primary N) is 1. The molecule has 2 N–H and O–H groups in total. The average Bonchev–Trinajstić information content (AvgIpc) is 2.75. The Morgan fingerprint density at radius 2 is 2.00 bits per heavy atom. The Hall–Kier alpha value is -1.35. The maximum Gasteiger partial charge on any atom is 0.111 e. The normalized spacial score (nSPS) is 14.7. The third-order valence-electron chi connectivity index (χ3n) is 3.94. The van der Waals surface area contributed by atoms with Gasteiger partial charge in [-0.3, -0.25) is 0 Å². The minimum Gasteiger partial charge on any atom is -0.328 e. The summed E-state index contributed by atoms with van der Waals surface area (Å²) in [4.78, 5) is 4.75. The van der Waals surface area contributed by atoms with Gasteiger partial charge in [0, 0.05) is 19.0 Å². The Kier molecular flexibility index (Phi) is 4.59. The molecule has 0 saturated heterocycles. The van der Waals surface area contributed by atoms with E-state index in [1.54, 1.807) is 0 Å². The fourth-order valence-electron chi connectivity index (χ4n) is 2.72. The van der Waals surface area contributed by atoms with Crippen molar-refractivity contribution in [1.82, 2.24) is 9.55 Å². The minimum atomic E-state index is 0.196. The van der Waals surface area contributed by atoms with Crippen LogP contribution in [0.2, 0.25) is 0 Å². The van der Waals surface area contributed by atoms with Crippen LogP contribution in [0.25, 0.3) is 11.0 Å². The standard InChI is InChI=1S/C16H25N3/c1-4-8-12(3)13(17)11-16-18-14-9-6-7-10-15(14)19(16)5-2/h6-7,9-10,12-13H,4-5,8,11,17H2,1-3H3. The lowest BCUT2D eigenvalue weighted by atomic mass is 9.95. The molecule has 2 aromatic rings. The first kappa shape index (κ1) is 14.1. The Balaban J connectivity index is 2.24. The number of para-hydroxylation sites is 2. The molecule has 0 bridgehead atoms. The van der Waals surface area contributed by atoms with Gasteiger partial charge in [-0.05, 0) is 31.4 Å². The molecule has 0 aliphatic carbocycles. The zero-order valence-electron chi connectivity index (χ0n) is 12.3. The van der Waals surface area contributed by atoms with Gasteiger partial charge in [0.05, 0.1) is 11.0 Å². The fraction of sp³-hybridized carbons (Fsp3) is 0.562. The third-order valence-corrected chi connectivity index (χ3v) is 3.94. The summed E-state index contributed by atoms with van der Waals surface area (Å²) in [6.07, 6.45) is 3.25. The van der Waals surface area contributed by atoms with Gasteiger partial charge in [-0.25, -0.2) is 4.98 Å². The molecule has 1 heterocycles. The number of aromatic nitrogens is 2. The molecule has 19 heavy (non-hydrogen) atoms. The number of rotatable bonds is 6. The molecule has 2 atom stereocenters. The number of hydrogen-bond donors (Lipinski definition) is 1. The summed E-state index contributed by atoms with van der Waals surface area (Å²) in [6.45, 7) is 7.57. The van der Waals surface area contributed by atoms with Crippen molar-refractivity contribution in [3.05, 3.63) is 30.1 Å². The van der Waals surface area contributed by atoms with Crippen LogP contribution in [0.15, 0.2) is 24.3 Å². The van der Waals surface area contributed by atoms with Crippen molar-refractivity contribution < 1.29 is 0 Å². The third kappa shape index (κ3) is 2.98. The molecule has 2 unspecified atom stereocenters. The molecule has 104 valence electrons. The van der Waals surface area contributed by atoms with Gasteiger partial charge in [0.1, 0.15) is 5.82 Å². The molecule has 0 aliphatic heterocycles. The summed E-state index contributed by atoms with van der Waals surface area (Å²) in [6, 6.07) is 8.52. The molecule has 0 aliphatic rings. The van der Waals surface area contributed by atoms with E-state index in [9.17, 15) is 0 Å². The van der Waals surface area contributed by atoms with E-state index in [1.165, 1.54) is 18.4 Å². The van der Waals surface area contributed by atoms with Crippen molar-refractivity contribution >= 4 is 11.0 Å². The molecule has 0 saturated carbocycles. The van der Waals surface area contributed by atoms with Crippen LogP contribution >= 0.6 is 0 Å². The number of aryl methyl sites for hydroxylation is 1. The number of imidazole rings is 1. The van der Waals surface area contributed by atoms with E-state index in [0.717, 1.165) is 24.3 Å². The lowest BCUT2D eigenvalue weighted by Gasteiger charge is -2.19. The summed E-state index contributed by atoms with van der Waals surface area (Å²) >= 11 is 0. The average molecular weight is 259 g/mol. The topological polar surface area (TPSA) is 43.8 Å². The fourth-order valence-corrected chi connectivity index (χ4v) is 2.72. The maximum absolute atomic E-state index is 6.33. The van der Waals surface area contributed by atoms with E-state index in [0.29, 0.717) is 5.92 Å². The van der Waals surface area contributed by atoms with E-state index in [2.05, 4.69) is 43.5 Å². The van der Waals surface area contributed by atoms with Crippen LogP contribution in [0.4, 0.5) is 0 Å². The lowest BCUT2D eigenvalue weighted by molar-refractivity contribution is 0.410. The summed E-state index contributed by atoms with van der Waals surface area (Å²) in [5, 5.41) is 0. The summed E-state index contributed by atoms with van der Waals surface area (Å²) in [5.74, 6) is 1.68. The highest BCUT2D eigenvalue weighted by Crippen LogP contribution is 2.19. The van der Waals surface area contributed by atoms with E-state index >= 15 is 0 Å². The first-order chi connectivity index (χ1) is 9.17. The molecular formula is C16H25N3. The molecule has 0 spiro atoms. The monoisotopic (exact) mass is 259 g/mol. The Morgan fingerprint density at radius 3 is 2.68 bits per heavy atom. The van der Waals surface area contributed by atoms with E-state index in [1.807, 2.05) is 6.07 Å². The van der Waals surface area contributed by atoms with Crippen molar-refractivity contribution in [1.29, 1.82) is 0 Å². The van der Waals surface area contributed by atoms with E-state index in [-0.39, 0.29) is 6.04 Å². The number of hydrogen-bond acceptors (Lipinski definition) is 2. The minimum absolute atomic E-state index is 0.196. The van der Waals surface area contributed by atoms with Gasteiger partial charge in [-0.2, -0.15) is 0 Å². The van der Waals surface area contributed by atoms with Crippen molar-refractivity contribution in [3.63, 3.8) is 0 Å². The Labute approximate surface area is 115 Å². The van der Waals surface area contributed by atoms with Crippen LogP contribution < -0.4 is 5.73 Å². The van der Waals surface area contributed by atoms with Crippen LogP contribution in [-0.2, 0) is 13.0 Å². The lowest BCUT2D eigenvalue weighted by Crippen LogP contribution is -2.31. The summed E-state index contributed by atoms with van der Waals surface area (Å²) < 4.78 is 2.29. The molecular weight excluding hydrogens is 234 g/mol. The van der Waals surface area contributed by atoms with Crippen molar-refractivity contribution in [2.75, 3.05) is 0 Å². The van der Waals surface area contributed by atoms with Gasteiger partial charge in [-0.1, -0.05) is 32.4 Å². The highest BCUT2D eigenvalue weighted by molar-refractivity contribution is 5.75. The number of fused-ring (bicyclic) bond motifs is 1. The van der Waals surface area contributed by atoms with Gasteiger partial charge in [0.25, 0.3) is 0 Å². The molecule has 3 nitrogen and oxygen atoms in total. The first-order valence-corrected chi connectivity index (χ1v) is 7.37. The van der Waals surface area contributed by atoms with Crippen molar-refractivity contribution in [2.45, 2.75) is 52.6 Å². The SMILES string of the molecule is CCCC(C)C(N)Cc1nc2ccccc2n1CC. The predicted octanol–water partition coefficient (Wildman–Crippen LogP) is 3.36. The molecule has 0 fully saturated rings. The second-order valence-corrected chi connectivity index (χ2v) is 5.39. The van der Waals surface area contributed by atoms with Gasteiger partial charge < -0.3 is 10.3 Å². The molecule has 3 heteroatoms. The second-order valence-electron chi connectivity index (χ2n) is 5.39. The van der Waals surface area contributed by atoms with Crippen LogP contribution in [0.5, 0.6) is 0 Å². The van der Waals surface area contributed by atoms with Gasteiger partial charge in [-0.15, -0.1) is 0 Å². The van der Waals surface area contributed by atoms with Crippen molar-refractivity contribution in [2.24, 2.45) is 11.7 Å². The molecule has 0 radical (unpaired) electrons. The van der Waals surface area contributed by atoms with Crippen LogP contribution in [0, 0.1) is 5.92 Å². The number of nitrogens with zero attached hydrogens (tertiary/aromatic N) is 2. The van der Waals surface area contributed by atoms with E-state index < -0.39 is 0 Å². The molecule has 1 aromatic carbocycles. The molecule has 0 amide bonds. The molecule has 2 rings (SSSR count). The quantitative estimate of drug-likeness (QED) is 0.864. The zero-order valence-corrected chi connectivity index (χ0v) is 12.3. The maximum atomic E-state index is 6.33. The second kappa shape index (κ2) is 6.20. The van der Waals surface area contributed by atoms with Gasteiger partial charge in [0.15, 0.2) is 0 Å².